The van der Waals surface area contributed by atoms with Crippen LogP contribution in [-0.2, 0) is 17.9 Å². The van der Waals surface area contributed by atoms with Crippen molar-refractivity contribution in [2.24, 2.45) is 0 Å². The summed E-state index contributed by atoms with van der Waals surface area (Å²) in [6, 6.07) is 13.7. The molecule has 3 aromatic rings. The predicted molar refractivity (Wildman–Crippen MR) is 120 cm³/mol. The number of carbonyl (C=O) groups is 1. The van der Waals surface area contributed by atoms with Crippen molar-refractivity contribution >= 4 is 29.2 Å². The minimum absolute atomic E-state index is 0.151. The van der Waals surface area contributed by atoms with Gasteiger partial charge < -0.3 is 14.8 Å². The minimum atomic E-state index is -4.43. The largest absolute Gasteiger partial charge is 0.497 e. The highest BCUT2D eigenvalue weighted by Gasteiger charge is 2.35. The Balaban J connectivity index is 1.74. The van der Waals surface area contributed by atoms with E-state index in [9.17, 15) is 18.0 Å². The van der Waals surface area contributed by atoms with Crippen molar-refractivity contribution in [1.82, 2.24) is 9.97 Å². The average molecular weight is 473 g/mol. The van der Waals surface area contributed by atoms with Gasteiger partial charge >= 0.3 is 12.2 Å². The predicted octanol–water partition coefficient (Wildman–Crippen LogP) is 4.88. The van der Waals surface area contributed by atoms with Crippen LogP contribution in [0, 0.1) is 0 Å². The molecular weight excluding hydrogens is 451 g/mol. The lowest BCUT2D eigenvalue weighted by Crippen LogP contribution is -2.45. The molecule has 0 aliphatic carbocycles. The van der Waals surface area contributed by atoms with Gasteiger partial charge in [-0.15, -0.1) is 0 Å². The highest BCUT2D eigenvalue weighted by atomic mass is 19.4. The molecule has 1 N–H and O–H groups in total. The molecular formula is C23H22F3N5O3. The molecule has 1 aliphatic heterocycles. The van der Waals surface area contributed by atoms with Crippen molar-refractivity contribution in [3.8, 4) is 5.75 Å². The van der Waals surface area contributed by atoms with Gasteiger partial charge in [0.05, 0.1) is 25.9 Å². The number of amides is 2. The summed E-state index contributed by atoms with van der Waals surface area (Å²) in [5, 5.41) is 2.17. The number of alkyl halides is 3. The van der Waals surface area contributed by atoms with E-state index in [4.69, 9.17) is 9.47 Å². The summed E-state index contributed by atoms with van der Waals surface area (Å²) in [5.74, 6) is 0.639. The van der Waals surface area contributed by atoms with Gasteiger partial charge in [-0.05, 0) is 42.0 Å². The van der Waals surface area contributed by atoms with E-state index >= 15 is 0 Å². The SMILES string of the molecule is COCc1ccc(N2C(=O)N(c3ccc(OC)cc3)Cc3cnc(NCC(F)(F)F)nc32)cc1. The second-order valence-corrected chi connectivity index (χ2v) is 7.51. The first kappa shape index (κ1) is 23.3. The number of nitrogens with zero attached hydrogens (tertiary/aromatic N) is 4. The van der Waals surface area contributed by atoms with E-state index in [2.05, 4.69) is 15.3 Å². The molecule has 1 aliphatic rings. The Labute approximate surface area is 193 Å². The lowest BCUT2D eigenvalue weighted by molar-refractivity contribution is -0.115. The molecule has 8 nitrogen and oxygen atoms in total. The number of fused-ring (bicyclic) bond motifs is 1. The number of hydrogen-bond acceptors (Lipinski definition) is 6. The number of benzene rings is 2. The van der Waals surface area contributed by atoms with E-state index in [1.807, 2.05) is 12.1 Å². The highest BCUT2D eigenvalue weighted by molar-refractivity contribution is 6.10. The summed E-state index contributed by atoms with van der Waals surface area (Å²) in [4.78, 5) is 24.8. The fourth-order valence-corrected chi connectivity index (χ4v) is 3.52. The van der Waals surface area contributed by atoms with Crippen LogP contribution in [-0.4, -0.2) is 42.9 Å². The normalized spacial score (nSPS) is 13.6. The summed E-state index contributed by atoms with van der Waals surface area (Å²) >= 11 is 0. The highest BCUT2D eigenvalue weighted by Crippen LogP contribution is 2.36. The van der Waals surface area contributed by atoms with Gasteiger partial charge in [-0.3, -0.25) is 4.90 Å². The Morgan fingerprint density at radius 3 is 2.32 bits per heavy atom. The first-order valence-electron chi connectivity index (χ1n) is 10.3. The number of rotatable bonds is 7. The van der Waals surface area contributed by atoms with Crippen molar-refractivity contribution in [1.29, 1.82) is 0 Å². The van der Waals surface area contributed by atoms with Gasteiger partial charge in [0.25, 0.3) is 0 Å². The molecule has 0 bridgehead atoms. The lowest BCUT2D eigenvalue weighted by atomic mass is 10.1. The maximum Gasteiger partial charge on any atom is 0.405 e. The third-order valence-electron chi connectivity index (χ3n) is 5.14. The molecule has 34 heavy (non-hydrogen) atoms. The van der Waals surface area contributed by atoms with Crippen molar-refractivity contribution in [2.45, 2.75) is 19.3 Å². The van der Waals surface area contributed by atoms with Crippen LogP contribution in [0.1, 0.15) is 11.1 Å². The third kappa shape index (κ3) is 5.04. The Bertz CT molecular complexity index is 1150. The zero-order chi connectivity index (χ0) is 24.3. The fraction of sp³-hybridized carbons (Fsp3) is 0.261. The number of nitrogens with one attached hydrogen (secondary N) is 1. The standard InChI is InChI=1S/C23H22F3N5O3/c1-33-13-15-3-5-18(6-4-15)31-20-16(11-27-21(29-20)28-14-23(24,25)26)12-30(22(31)32)17-7-9-19(34-2)10-8-17/h3-11H,12-14H2,1-2H3,(H,27,28,29). The molecule has 178 valence electrons. The van der Waals surface area contributed by atoms with Gasteiger partial charge in [0.2, 0.25) is 5.95 Å². The molecule has 0 atom stereocenters. The number of aromatic nitrogens is 2. The van der Waals surface area contributed by atoms with Crippen molar-refractivity contribution in [3.05, 3.63) is 65.9 Å². The summed E-state index contributed by atoms with van der Waals surface area (Å²) in [6.07, 6.45) is -3.01. The molecule has 0 radical (unpaired) electrons. The molecule has 4 rings (SSSR count). The lowest BCUT2D eigenvalue weighted by Gasteiger charge is -2.36. The van der Waals surface area contributed by atoms with Crippen LogP contribution in [0.3, 0.4) is 0 Å². The topological polar surface area (TPSA) is 79.8 Å². The molecule has 0 saturated carbocycles. The van der Waals surface area contributed by atoms with Crippen LogP contribution in [0.5, 0.6) is 5.75 Å². The number of halogens is 3. The summed E-state index contributed by atoms with van der Waals surface area (Å²) in [5.41, 5.74) is 2.61. The van der Waals surface area contributed by atoms with E-state index in [0.29, 0.717) is 29.3 Å². The van der Waals surface area contributed by atoms with E-state index in [-0.39, 0.29) is 18.3 Å². The maximum absolute atomic E-state index is 13.6. The van der Waals surface area contributed by atoms with E-state index in [0.717, 1.165) is 5.56 Å². The molecule has 2 amide bonds. The number of hydrogen-bond donors (Lipinski definition) is 1. The molecule has 11 heteroatoms. The van der Waals surface area contributed by atoms with Gasteiger partial charge in [-0.25, -0.2) is 14.7 Å². The van der Waals surface area contributed by atoms with Gasteiger partial charge in [0.1, 0.15) is 12.3 Å². The molecule has 0 saturated heterocycles. The molecule has 0 unspecified atom stereocenters. The van der Waals surface area contributed by atoms with Gasteiger partial charge in [-0.2, -0.15) is 18.2 Å². The van der Waals surface area contributed by atoms with Crippen molar-refractivity contribution in [3.63, 3.8) is 0 Å². The smallest absolute Gasteiger partial charge is 0.405 e. The van der Waals surface area contributed by atoms with Crippen LogP contribution in [0.15, 0.2) is 54.7 Å². The van der Waals surface area contributed by atoms with Crippen LogP contribution >= 0.6 is 0 Å². The van der Waals surface area contributed by atoms with E-state index in [1.165, 1.54) is 16.0 Å². The Hall–Kier alpha value is -3.86. The molecule has 2 aromatic carbocycles. The molecule has 0 fully saturated rings. The Morgan fingerprint density at radius 2 is 1.71 bits per heavy atom. The number of urea groups is 1. The molecule has 1 aromatic heterocycles. The van der Waals surface area contributed by atoms with Crippen molar-refractivity contribution in [2.75, 3.05) is 35.9 Å². The quantitative estimate of drug-likeness (QED) is 0.527. The molecule has 2 heterocycles. The third-order valence-corrected chi connectivity index (χ3v) is 5.14. The summed E-state index contributed by atoms with van der Waals surface area (Å²) in [6.45, 7) is -0.738. The maximum atomic E-state index is 13.6. The van der Waals surface area contributed by atoms with E-state index < -0.39 is 18.8 Å². The molecule has 0 spiro atoms. The number of anilines is 4. The van der Waals surface area contributed by atoms with Gasteiger partial charge in [-0.1, -0.05) is 12.1 Å². The first-order valence-corrected chi connectivity index (χ1v) is 10.3. The zero-order valence-corrected chi connectivity index (χ0v) is 18.5. The fourth-order valence-electron chi connectivity index (χ4n) is 3.52. The van der Waals surface area contributed by atoms with Crippen LogP contribution in [0.2, 0.25) is 0 Å². The zero-order valence-electron chi connectivity index (χ0n) is 18.5. The minimum Gasteiger partial charge on any atom is -0.497 e. The van der Waals surface area contributed by atoms with E-state index in [1.54, 1.807) is 50.6 Å². The Kier molecular flexibility index (Phi) is 6.55. The van der Waals surface area contributed by atoms with Crippen LogP contribution < -0.4 is 19.9 Å². The number of methoxy groups -OCH3 is 2. The second kappa shape index (κ2) is 9.56. The number of carbonyl (C=O) groups excluding carboxylic acids is 1. The van der Waals surface area contributed by atoms with Crippen molar-refractivity contribution < 1.29 is 27.4 Å². The first-order chi connectivity index (χ1) is 16.3. The van der Waals surface area contributed by atoms with Gasteiger partial charge in [0, 0.05) is 24.6 Å². The summed E-state index contributed by atoms with van der Waals surface area (Å²) < 4.78 is 48.3. The van der Waals surface area contributed by atoms with Crippen LogP contribution in [0.25, 0.3) is 0 Å². The van der Waals surface area contributed by atoms with Crippen LogP contribution in [0.4, 0.5) is 41.1 Å². The Morgan fingerprint density at radius 1 is 1.03 bits per heavy atom. The van der Waals surface area contributed by atoms with Gasteiger partial charge in [0.15, 0.2) is 5.82 Å². The average Bonchev–Trinajstić information content (AvgIpc) is 2.83. The second-order valence-electron chi connectivity index (χ2n) is 7.51. The number of ether oxygens (including phenoxy) is 2. The summed E-state index contributed by atoms with van der Waals surface area (Å²) in [7, 11) is 3.13. The monoisotopic (exact) mass is 473 g/mol.